The summed E-state index contributed by atoms with van der Waals surface area (Å²) in [6.45, 7) is 1.65. The van der Waals surface area contributed by atoms with Crippen LogP contribution in [0.15, 0.2) is 42.6 Å². The maximum Gasteiger partial charge on any atom is 0.234 e. The van der Waals surface area contributed by atoms with Gasteiger partial charge in [-0.3, -0.25) is 9.48 Å². The Morgan fingerprint density at radius 1 is 1.25 bits per heavy atom. The molecule has 0 spiro atoms. The van der Waals surface area contributed by atoms with Crippen LogP contribution in [0.3, 0.4) is 0 Å². The molecule has 0 atom stereocenters. The highest BCUT2D eigenvalue weighted by atomic mass is 16.1. The lowest BCUT2D eigenvalue weighted by Crippen LogP contribution is -2.34. The first-order chi connectivity index (χ1) is 9.74. The Morgan fingerprint density at radius 2 is 2.05 bits per heavy atom. The van der Waals surface area contributed by atoms with E-state index >= 15 is 0 Å². The second-order valence-electron chi connectivity index (χ2n) is 4.67. The summed E-state index contributed by atoms with van der Waals surface area (Å²) in [5, 5.41) is 10.3. The van der Waals surface area contributed by atoms with E-state index in [9.17, 15) is 4.79 Å². The quantitative estimate of drug-likeness (QED) is 0.735. The average molecular weight is 272 g/mol. The van der Waals surface area contributed by atoms with Crippen LogP contribution in [0.25, 0.3) is 0 Å². The van der Waals surface area contributed by atoms with E-state index in [1.165, 1.54) is 0 Å². The lowest BCUT2D eigenvalue weighted by molar-refractivity contribution is -0.120. The third-order valence-electron chi connectivity index (χ3n) is 2.94. The van der Waals surface area contributed by atoms with E-state index in [1.807, 2.05) is 49.6 Å². The largest absolute Gasteiger partial charge is 0.351 e. The van der Waals surface area contributed by atoms with Gasteiger partial charge in [0.15, 0.2) is 0 Å². The molecule has 0 saturated carbocycles. The van der Waals surface area contributed by atoms with Crippen LogP contribution in [0.2, 0.25) is 0 Å². The molecule has 2 rings (SSSR count). The van der Waals surface area contributed by atoms with Crippen LogP contribution in [0.4, 0.5) is 0 Å². The summed E-state index contributed by atoms with van der Waals surface area (Å²) in [5.74, 6) is 0.00914. The zero-order chi connectivity index (χ0) is 14.2. The predicted molar refractivity (Wildman–Crippen MR) is 78.1 cm³/mol. The van der Waals surface area contributed by atoms with Crippen LogP contribution in [0, 0.1) is 0 Å². The second kappa shape index (κ2) is 7.45. The molecule has 2 aromatic rings. The Balaban J connectivity index is 1.58. The average Bonchev–Trinajstić information content (AvgIpc) is 2.88. The van der Waals surface area contributed by atoms with E-state index in [0.29, 0.717) is 13.1 Å². The number of hydrogen-bond donors (Lipinski definition) is 2. The number of carbonyl (C=O) groups is 1. The van der Waals surface area contributed by atoms with Crippen molar-refractivity contribution in [3.63, 3.8) is 0 Å². The van der Waals surface area contributed by atoms with Crippen LogP contribution in [-0.4, -0.2) is 28.8 Å². The van der Waals surface area contributed by atoms with E-state index in [0.717, 1.165) is 24.2 Å². The molecule has 1 aromatic carbocycles. The van der Waals surface area contributed by atoms with Gasteiger partial charge in [0.25, 0.3) is 0 Å². The van der Waals surface area contributed by atoms with Crippen LogP contribution >= 0.6 is 0 Å². The minimum absolute atomic E-state index is 0.00914. The molecule has 1 heterocycles. The number of nitrogens with one attached hydrogen (secondary N) is 2. The summed E-state index contributed by atoms with van der Waals surface area (Å²) in [6, 6.07) is 11.9. The normalized spacial score (nSPS) is 10.4. The fourth-order valence-corrected chi connectivity index (χ4v) is 1.87. The highest BCUT2D eigenvalue weighted by molar-refractivity contribution is 5.77. The topological polar surface area (TPSA) is 59.0 Å². The van der Waals surface area contributed by atoms with Crippen molar-refractivity contribution in [2.45, 2.75) is 13.0 Å². The van der Waals surface area contributed by atoms with Gasteiger partial charge in [0.05, 0.1) is 12.2 Å². The molecule has 20 heavy (non-hydrogen) atoms. The Hall–Kier alpha value is -2.14. The number of carbonyl (C=O) groups excluding carboxylic acids is 1. The van der Waals surface area contributed by atoms with Crippen molar-refractivity contribution in [1.82, 2.24) is 20.4 Å². The Labute approximate surface area is 119 Å². The van der Waals surface area contributed by atoms with Crippen LogP contribution in [0.1, 0.15) is 11.3 Å². The number of nitrogens with zero attached hydrogens (tertiary/aromatic N) is 2. The fraction of sp³-hybridized carbons (Fsp3) is 0.333. The highest BCUT2D eigenvalue weighted by Gasteiger charge is 2.01. The Morgan fingerprint density at radius 3 is 2.75 bits per heavy atom. The number of aromatic nitrogens is 2. The van der Waals surface area contributed by atoms with Gasteiger partial charge in [-0.2, -0.15) is 5.10 Å². The third kappa shape index (κ3) is 4.85. The summed E-state index contributed by atoms with van der Waals surface area (Å²) in [7, 11) is 1.90. The molecule has 5 heteroatoms. The summed E-state index contributed by atoms with van der Waals surface area (Å²) in [5.41, 5.74) is 2.14. The molecular formula is C15H20N4O. The second-order valence-corrected chi connectivity index (χ2v) is 4.67. The number of amides is 1. The molecule has 5 nitrogen and oxygen atoms in total. The first-order valence-electron chi connectivity index (χ1n) is 6.74. The van der Waals surface area contributed by atoms with Gasteiger partial charge in [-0.15, -0.1) is 0 Å². The molecule has 1 aromatic heterocycles. The van der Waals surface area contributed by atoms with Gasteiger partial charge in [0.1, 0.15) is 0 Å². The van der Waals surface area contributed by atoms with Crippen LogP contribution < -0.4 is 10.6 Å². The van der Waals surface area contributed by atoms with Crippen molar-refractivity contribution in [3.8, 4) is 0 Å². The van der Waals surface area contributed by atoms with Crippen molar-refractivity contribution in [2.75, 3.05) is 13.1 Å². The van der Waals surface area contributed by atoms with Gasteiger partial charge in [-0.25, -0.2) is 0 Å². The van der Waals surface area contributed by atoms with Gasteiger partial charge in [0.2, 0.25) is 5.91 Å². The molecule has 1 amide bonds. The molecule has 0 aliphatic rings. The zero-order valence-electron chi connectivity index (χ0n) is 11.7. The lowest BCUT2D eigenvalue weighted by atomic mass is 10.2. The number of hydrogen-bond acceptors (Lipinski definition) is 3. The highest BCUT2D eigenvalue weighted by Crippen LogP contribution is 1.97. The predicted octanol–water partition coefficient (Wildman–Crippen LogP) is 0.869. The SMILES string of the molecule is Cn1ccc(CCNCC(=O)NCc2ccccc2)n1. The number of benzene rings is 1. The molecule has 106 valence electrons. The maximum absolute atomic E-state index is 11.6. The van der Waals surface area contributed by atoms with Gasteiger partial charge in [-0.05, 0) is 11.6 Å². The van der Waals surface area contributed by atoms with E-state index in [4.69, 9.17) is 0 Å². The van der Waals surface area contributed by atoms with Crippen molar-refractivity contribution in [1.29, 1.82) is 0 Å². The van der Waals surface area contributed by atoms with Gasteiger partial charge < -0.3 is 10.6 Å². The van der Waals surface area contributed by atoms with Crippen molar-refractivity contribution < 1.29 is 4.79 Å². The van der Waals surface area contributed by atoms with Gasteiger partial charge in [0, 0.05) is 32.8 Å². The van der Waals surface area contributed by atoms with Crippen molar-refractivity contribution >= 4 is 5.91 Å². The molecule has 0 fully saturated rings. The minimum Gasteiger partial charge on any atom is -0.351 e. The van der Waals surface area contributed by atoms with E-state index in [-0.39, 0.29) is 5.91 Å². The third-order valence-corrected chi connectivity index (χ3v) is 2.94. The molecular weight excluding hydrogens is 252 g/mol. The smallest absolute Gasteiger partial charge is 0.234 e. The molecule has 0 bridgehead atoms. The lowest BCUT2D eigenvalue weighted by Gasteiger charge is -2.06. The van der Waals surface area contributed by atoms with Crippen LogP contribution in [0.5, 0.6) is 0 Å². The summed E-state index contributed by atoms with van der Waals surface area (Å²) >= 11 is 0. The molecule has 0 unspecified atom stereocenters. The summed E-state index contributed by atoms with van der Waals surface area (Å²) in [6.07, 6.45) is 2.74. The molecule has 0 aliphatic carbocycles. The molecule has 0 radical (unpaired) electrons. The molecule has 2 N–H and O–H groups in total. The van der Waals surface area contributed by atoms with Crippen molar-refractivity contribution in [2.24, 2.45) is 7.05 Å². The summed E-state index contributed by atoms with van der Waals surface area (Å²) in [4.78, 5) is 11.6. The first-order valence-corrected chi connectivity index (χ1v) is 6.74. The molecule has 0 aliphatic heterocycles. The molecule has 0 saturated heterocycles. The Bertz CT molecular complexity index is 536. The van der Waals surface area contributed by atoms with Gasteiger partial charge >= 0.3 is 0 Å². The zero-order valence-corrected chi connectivity index (χ0v) is 11.7. The first kappa shape index (κ1) is 14.3. The van der Waals surface area contributed by atoms with E-state index < -0.39 is 0 Å². The maximum atomic E-state index is 11.6. The van der Waals surface area contributed by atoms with E-state index in [1.54, 1.807) is 4.68 Å². The summed E-state index contributed by atoms with van der Waals surface area (Å²) < 4.78 is 1.78. The van der Waals surface area contributed by atoms with Crippen LogP contribution in [-0.2, 0) is 24.8 Å². The number of rotatable bonds is 7. The standard InChI is InChI=1S/C15H20N4O/c1-19-10-8-14(18-19)7-9-16-12-15(20)17-11-13-5-3-2-4-6-13/h2-6,8,10,16H,7,9,11-12H2,1H3,(H,17,20). The minimum atomic E-state index is 0.00914. The Kier molecular flexibility index (Phi) is 5.32. The van der Waals surface area contributed by atoms with Gasteiger partial charge in [-0.1, -0.05) is 30.3 Å². The van der Waals surface area contributed by atoms with E-state index in [2.05, 4.69) is 15.7 Å². The van der Waals surface area contributed by atoms with Crippen molar-refractivity contribution in [3.05, 3.63) is 53.9 Å². The monoisotopic (exact) mass is 272 g/mol. The fourth-order valence-electron chi connectivity index (χ4n) is 1.87. The number of aryl methyl sites for hydroxylation is 1.